The van der Waals surface area contributed by atoms with Gasteiger partial charge in [0.25, 0.3) is 15.9 Å². The molecule has 0 aliphatic rings. The van der Waals surface area contributed by atoms with Gasteiger partial charge in [-0.05, 0) is 48.4 Å². The molecule has 0 saturated heterocycles. The number of carbonyl (C=O) groups is 1. The molecule has 9 heteroatoms. The lowest BCUT2D eigenvalue weighted by molar-refractivity contribution is -0.119. The van der Waals surface area contributed by atoms with Gasteiger partial charge < -0.3 is 9.47 Å². The van der Waals surface area contributed by atoms with Gasteiger partial charge in [0.2, 0.25) is 0 Å². The fourth-order valence-corrected chi connectivity index (χ4v) is 4.73. The third kappa shape index (κ3) is 5.74. The van der Waals surface area contributed by atoms with Gasteiger partial charge in [-0.1, -0.05) is 43.3 Å². The Labute approximate surface area is 199 Å². The van der Waals surface area contributed by atoms with E-state index in [1.165, 1.54) is 32.6 Å². The molecule has 0 aliphatic heterocycles. The Hall–Kier alpha value is -3.85. The molecule has 0 aromatic heterocycles. The number of hydrogen-bond donors (Lipinski definition) is 1. The van der Waals surface area contributed by atoms with Gasteiger partial charge in [-0.25, -0.2) is 13.8 Å². The van der Waals surface area contributed by atoms with Crippen LogP contribution in [0, 0.1) is 0 Å². The van der Waals surface area contributed by atoms with Gasteiger partial charge in [0.1, 0.15) is 6.54 Å². The molecule has 8 nitrogen and oxygen atoms in total. The number of anilines is 1. The quantitative estimate of drug-likeness (QED) is 0.352. The van der Waals surface area contributed by atoms with Gasteiger partial charge in [-0.3, -0.25) is 9.10 Å². The van der Waals surface area contributed by atoms with Crippen LogP contribution in [-0.2, 0) is 21.2 Å². The molecule has 0 bridgehead atoms. The summed E-state index contributed by atoms with van der Waals surface area (Å²) in [6.07, 6.45) is 2.22. The molecule has 0 fully saturated rings. The SMILES string of the molecule is CCc1ccc(N(CC(=O)N/N=C\c2cccc(OC)c2OC)S(=O)(=O)c2ccccc2)cc1. The Morgan fingerprint density at radius 1 is 0.971 bits per heavy atom. The highest BCUT2D eigenvalue weighted by Crippen LogP contribution is 2.29. The van der Waals surface area contributed by atoms with Crippen molar-refractivity contribution in [3.63, 3.8) is 0 Å². The minimum atomic E-state index is -3.98. The number of hydrogen-bond acceptors (Lipinski definition) is 6. The Bertz CT molecular complexity index is 1240. The summed E-state index contributed by atoms with van der Waals surface area (Å²) in [7, 11) is -0.954. The average molecular weight is 482 g/mol. The molecular weight excluding hydrogens is 454 g/mol. The molecule has 1 amide bonds. The largest absolute Gasteiger partial charge is 0.493 e. The summed E-state index contributed by atoms with van der Waals surface area (Å²) in [4.78, 5) is 12.8. The van der Waals surface area contributed by atoms with E-state index in [1.807, 2.05) is 19.1 Å². The molecule has 0 aliphatic carbocycles. The molecule has 0 unspecified atom stereocenters. The van der Waals surface area contributed by atoms with Crippen molar-refractivity contribution in [3.05, 3.63) is 83.9 Å². The first-order valence-electron chi connectivity index (χ1n) is 10.6. The Balaban J connectivity index is 1.84. The van der Waals surface area contributed by atoms with E-state index < -0.39 is 22.5 Å². The Morgan fingerprint density at radius 2 is 1.68 bits per heavy atom. The molecule has 3 aromatic rings. The first kappa shape index (κ1) is 24.8. The van der Waals surface area contributed by atoms with E-state index in [4.69, 9.17) is 9.47 Å². The predicted molar refractivity (Wildman–Crippen MR) is 132 cm³/mol. The number of rotatable bonds is 10. The molecule has 178 valence electrons. The van der Waals surface area contributed by atoms with E-state index in [0.29, 0.717) is 22.7 Å². The highest BCUT2D eigenvalue weighted by molar-refractivity contribution is 7.92. The number of para-hydroxylation sites is 1. The van der Waals surface area contributed by atoms with E-state index in [2.05, 4.69) is 10.5 Å². The van der Waals surface area contributed by atoms with Crippen LogP contribution in [0.15, 0.2) is 82.8 Å². The number of amides is 1. The summed E-state index contributed by atoms with van der Waals surface area (Å²) in [5.74, 6) is 0.387. The van der Waals surface area contributed by atoms with Crippen molar-refractivity contribution in [1.82, 2.24) is 5.43 Å². The second kappa shape index (κ2) is 11.3. The number of sulfonamides is 1. The number of nitrogens with zero attached hydrogens (tertiary/aromatic N) is 2. The van der Waals surface area contributed by atoms with Crippen molar-refractivity contribution in [2.45, 2.75) is 18.2 Å². The molecular formula is C25H27N3O5S. The van der Waals surface area contributed by atoms with Crippen LogP contribution in [-0.4, -0.2) is 41.3 Å². The highest BCUT2D eigenvalue weighted by atomic mass is 32.2. The molecule has 3 aromatic carbocycles. The standard InChI is InChI=1S/C25H27N3O5S/c1-4-19-13-15-21(16-14-19)28(34(30,31)22-10-6-5-7-11-22)18-24(29)27-26-17-20-9-8-12-23(32-2)25(20)33-3/h5-17H,4,18H2,1-3H3,(H,27,29)/b26-17-. The van der Waals surface area contributed by atoms with Crippen molar-refractivity contribution in [1.29, 1.82) is 0 Å². The minimum absolute atomic E-state index is 0.0898. The number of carbonyl (C=O) groups excluding carboxylic acids is 1. The fraction of sp³-hybridized carbons (Fsp3) is 0.200. The Morgan fingerprint density at radius 3 is 2.29 bits per heavy atom. The van der Waals surface area contributed by atoms with Crippen LogP contribution in [0.3, 0.4) is 0 Å². The summed E-state index contributed by atoms with van der Waals surface area (Å²) < 4.78 is 38.4. The molecule has 34 heavy (non-hydrogen) atoms. The first-order chi connectivity index (χ1) is 16.4. The van der Waals surface area contributed by atoms with Crippen LogP contribution < -0.4 is 19.2 Å². The predicted octanol–water partition coefficient (Wildman–Crippen LogP) is 3.61. The normalized spacial score (nSPS) is 11.3. The zero-order valence-electron chi connectivity index (χ0n) is 19.3. The van der Waals surface area contributed by atoms with Crippen molar-refractivity contribution in [2.75, 3.05) is 25.1 Å². The van der Waals surface area contributed by atoms with Gasteiger partial charge >= 0.3 is 0 Å². The summed E-state index contributed by atoms with van der Waals surface area (Å²) >= 11 is 0. The lowest BCUT2D eigenvalue weighted by atomic mass is 10.1. The van der Waals surface area contributed by atoms with E-state index in [-0.39, 0.29) is 4.90 Å². The van der Waals surface area contributed by atoms with Gasteiger partial charge in [0.15, 0.2) is 11.5 Å². The van der Waals surface area contributed by atoms with Gasteiger partial charge in [0, 0.05) is 5.56 Å². The van der Waals surface area contributed by atoms with Crippen molar-refractivity contribution < 1.29 is 22.7 Å². The van der Waals surface area contributed by atoms with Crippen LogP contribution in [0.2, 0.25) is 0 Å². The molecule has 3 rings (SSSR count). The van der Waals surface area contributed by atoms with E-state index in [1.54, 1.807) is 48.5 Å². The van der Waals surface area contributed by atoms with Crippen LogP contribution in [0.25, 0.3) is 0 Å². The number of nitrogens with one attached hydrogen (secondary N) is 1. The summed E-state index contributed by atoms with van der Waals surface area (Å²) in [5.41, 5.74) is 4.42. The maximum Gasteiger partial charge on any atom is 0.264 e. The van der Waals surface area contributed by atoms with Crippen molar-refractivity contribution >= 4 is 27.8 Å². The summed E-state index contributed by atoms with van der Waals surface area (Å²) in [6, 6.07) is 20.3. The summed E-state index contributed by atoms with van der Waals surface area (Å²) in [6.45, 7) is 1.56. The van der Waals surface area contributed by atoms with Gasteiger partial charge in [0.05, 0.1) is 31.0 Å². The zero-order chi connectivity index (χ0) is 24.6. The van der Waals surface area contributed by atoms with Gasteiger partial charge in [-0.2, -0.15) is 5.10 Å². The average Bonchev–Trinajstić information content (AvgIpc) is 2.87. The zero-order valence-corrected chi connectivity index (χ0v) is 20.1. The number of methoxy groups -OCH3 is 2. The molecule has 0 atom stereocenters. The minimum Gasteiger partial charge on any atom is -0.493 e. The maximum absolute atomic E-state index is 13.3. The highest BCUT2D eigenvalue weighted by Gasteiger charge is 2.27. The van der Waals surface area contributed by atoms with Crippen LogP contribution in [0.4, 0.5) is 5.69 Å². The lowest BCUT2D eigenvalue weighted by Gasteiger charge is -2.24. The molecule has 0 heterocycles. The van der Waals surface area contributed by atoms with Crippen molar-refractivity contribution in [3.8, 4) is 11.5 Å². The van der Waals surface area contributed by atoms with Gasteiger partial charge in [-0.15, -0.1) is 0 Å². The number of benzene rings is 3. The monoisotopic (exact) mass is 481 g/mol. The van der Waals surface area contributed by atoms with Crippen LogP contribution in [0.1, 0.15) is 18.1 Å². The second-order valence-corrected chi connectivity index (χ2v) is 9.08. The first-order valence-corrected chi connectivity index (χ1v) is 12.0. The molecule has 0 spiro atoms. The molecule has 0 saturated carbocycles. The molecule has 1 N–H and O–H groups in total. The smallest absolute Gasteiger partial charge is 0.264 e. The van der Waals surface area contributed by atoms with E-state index >= 15 is 0 Å². The lowest BCUT2D eigenvalue weighted by Crippen LogP contribution is -2.39. The van der Waals surface area contributed by atoms with E-state index in [9.17, 15) is 13.2 Å². The Kier molecular flexibility index (Phi) is 8.26. The van der Waals surface area contributed by atoms with Crippen molar-refractivity contribution in [2.24, 2.45) is 5.10 Å². The third-order valence-electron chi connectivity index (χ3n) is 5.08. The molecule has 0 radical (unpaired) electrons. The maximum atomic E-state index is 13.3. The number of hydrazone groups is 1. The third-order valence-corrected chi connectivity index (χ3v) is 6.87. The second-order valence-electron chi connectivity index (χ2n) is 7.22. The summed E-state index contributed by atoms with van der Waals surface area (Å²) in [5, 5.41) is 3.97. The van der Waals surface area contributed by atoms with E-state index in [0.717, 1.165) is 16.3 Å². The fourth-order valence-electron chi connectivity index (χ4n) is 3.29. The number of ether oxygens (including phenoxy) is 2. The van der Waals surface area contributed by atoms with Crippen LogP contribution >= 0.6 is 0 Å². The number of aryl methyl sites for hydroxylation is 1. The van der Waals surface area contributed by atoms with Crippen LogP contribution in [0.5, 0.6) is 11.5 Å². The topological polar surface area (TPSA) is 97.3 Å².